The lowest BCUT2D eigenvalue weighted by Gasteiger charge is -2.13. The zero-order chi connectivity index (χ0) is 10.3. The fourth-order valence-electron chi connectivity index (χ4n) is 0.705. The van der Waals surface area contributed by atoms with Crippen LogP contribution in [-0.2, 0) is 5.41 Å². The van der Waals surface area contributed by atoms with Crippen LogP contribution in [0.5, 0.6) is 0 Å². The monoisotopic (exact) mass is 196 g/mol. The van der Waals surface area contributed by atoms with E-state index >= 15 is 0 Å². The summed E-state index contributed by atoms with van der Waals surface area (Å²) in [6.07, 6.45) is 1.71. The van der Waals surface area contributed by atoms with Gasteiger partial charge in [0.2, 0.25) is 0 Å². The van der Waals surface area contributed by atoms with Crippen LogP contribution in [0.3, 0.4) is 0 Å². The Hall–Kier alpha value is -1.20. The molecule has 1 heterocycles. The van der Waals surface area contributed by atoms with Crippen molar-refractivity contribution in [2.75, 3.05) is 0 Å². The molecule has 0 bridgehead atoms. The van der Waals surface area contributed by atoms with Gasteiger partial charge in [-0.15, -0.1) is 11.8 Å². The highest BCUT2D eigenvalue weighted by Crippen LogP contribution is 2.21. The second-order valence-corrected chi connectivity index (χ2v) is 3.73. The lowest BCUT2D eigenvalue weighted by molar-refractivity contribution is 0.409. The van der Waals surface area contributed by atoms with Gasteiger partial charge in [0.05, 0.1) is 6.26 Å². The van der Waals surface area contributed by atoms with Gasteiger partial charge in [0.25, 0.3) is 0 Å². The standard InChI is InChI=1S/C8H12O.C4H6.H2O/c1-8(2,3)7-5-4-6-9-7;1-3-4-2;/h4-6H,1-3H3;1-2H3;1H2. The van der Waals surface area contributed by atoms with Crippen LogP contribution < -0.4 is 0 Å². The SMILES string of the molecule is CC#CC.CC(C)(C)c1ccco1.O. The van der Waals surface area contributed by atoms with Crippen LogP contribution in [-0.4, -0.2) is 5.48 Å². The summed E-state index contributed by atoms with van der Waals surface area (Å²) in [5, 5.41) is 0. The normalized spacial score (nSPS) is 8.64. The van der Waals surface area contributed by atoms with Crippen molar-refractivity contribution in [2.45, 2.75) is 40.0 Å². The first-order valence-electron chi connectivity index (χ1n) is 4.40. The minimum Gasteiger partial charge on any atom is -0.469 e. The predicted molar refractivity (Wildman–Crippen MR) is 60.1 cm³/mol. The summed E-state index contributed by atoms with van der Waals surface area (Å²) >= 11 is 0. The highest BCUT2D eigenvalue weighted by atomic mass is 16.3. The van der Waals surface area contributed by atoms with Crippen molar-refractivity contribution in [3.63, 3.8) is 0 Å². The first-order valence-corrected chi connectivity index (χ1v) is 4.40. The summed E-state index contributed by atoms with van der Waals surface area (Å²) in [4.78, 5) is 0. The van der Waals surface area contributed by atoms with Crippen molar-refractivity contribution >= 4 is 0 Å². The summed E-state index contributed by atoms with van der Waals surface area (Å²) in [5.74, 6) is 6.41. The largest absolute Gasteiger partial charge is 0.469 e. The second-order valence-electron chi connectivity index (χ2n) is 3.73. The molecule has 0 aliphatic heterocycles. The maximum absolute atomic E-state index is 5.20. The average Bonchev–Trinajstić information content (AvgIpc) is 2.55. The predicted octanol–water partition coefficient (Wildman–Crippen LogP) is 2.78. The van der Waals surface area contributed by atoms with E-state index in [1.807, 2.05) is 26.0 Å². The van der Waals surface area contributed by atoms with Gasteiger partial charge in [0, 0.05) is 5.41 Å². The minimum absolute atomic E-state index is 0. The summed E-state index contributed by atoms with van der Waals surface area (Å²) < 4.78 is 5.20. The van der Waals surface area contributed by atoms with E-state index in [9.17, 15) is 0 Å². The molecule has 80 valence electrons. The molecule has 0 unspecified atom stereocenters. The fraction of sp³-hybridized carbons (Fsp3) is 0.500. The third-order valence-corrected chi connectivity index (χ3v) is 1.51. The van der Waals surface area contributed by atoms with Crippen LogP contribution in [0.15, 0.2) is 22.8 Å². The molecule has 0 atom stereocenters. The Morgan fingerprint density at radius 1 is 1.14 bits per heavy atom. The smallest absolute Gasteiger partial charge is 0.109 e. The molecule has 1 rings (SSSR count). The minimum atomic E-state index is 0. The molecule has 0 saturated heterocycles. The maximum Gasteiger partial charge on any atom is 0.109 e. The molecule has 0 aliphatic rings. The van der Waals surface area contributed by atoms with Crippen LogP contribution in [0.1, 0.15) is 40.4 Å². The highest BCUT2D eigenvalue weighted by Gasteiger charge is 2.15. The van der Waals surface area contributed by atoms with Crippen LogP contribution in [0.2, 0.25) is 0 Å². The van der Waals surface area contributed by atoms with E-state index in [1.165, 1.54) is 0 Å². The number of furan rings is 1. The van der Waals surface area contributed by atoms with Crippen LogP contribution in [0.4, 0.5) is 0 Å². The summed E-state index contributed by atoms with van der Waals surface area (Å²) in [6.45, 7) is 10.0. The molecular weight excluding hydrogens is 176 g/mol. The number of hydrogen-bond donors (Lipinski definition) is 0. The Labute approximate surface area is 86.6 Å². The molecule has 2 heteroatoms. The van der Waals surface area contributed by atoms with E-state index in [1.54, 1.807) is 6.26 Å². The fourth-order valence-corrected chi connectivity index (χ4v) is 0.705. The van der Waals surface area contributed by atoms with Crippen molar-refractivity contribution < 1.29 is 9.89 Å². The highest BCUT2D eigenvalue weighted by molar-refractivity contribution is 5.08. The summed E-state index contributed by atoms with van der Waals surface area (Å²) in [5.41, 5.74) is 0.156. The Balaban J connectivity index is 0. The lowest BCUT2D eigenvalue weighted by atomic mass is 9.94. The van der Waals surface area contributed by atoms with E-state index in [0.717, 1.165) is 5.76 Å². The van der Waals surface area contributed by atoms with Gasteiger partial charge in [-0.05, 0) is 26.0 Å². The number of hydrogen-bond acceptors (Lipinski definition) is 1. The van der Waals surface area contributed by atoms with Crippen molar-refractivity contribution in [3.05, 3.63) is 24.2 Å². The second kappa shape index (κ2) is 7.23. The zero-order valence-electron chi connectivity index (χ0n) is 9.64. The van der Waals surface area contributed by atoms with Gasteiger partial charge >= 0.3 is 0 Å². The molecule has 0 saturated carbocycles. The Kier molecular flexibility index (Phi) is 7.89. The van der Waals surface area contributed by atoms with Gasteiger partial charge < -0.3 is 9.89 Å². The third-order valence-electron chi connectivity index (χ3n) is 1.51. The van der Waals surface area contributed by atoms with E-state index in [0.29, 0.717) is 0 Å². The third kappa shape index (κ3) is 6.33. The topological polar surface area (TPSA) is 44.6 Å². The summed E-state index contributed by atoms with van der Waals surface area (Å²) in [6, 6.07) is 3.92. The molecule has 0 amide bonds. The van der Waals surface area contributed by atoms with Gasteiger partial charge in [0.15, 0.2) is 0 Å². The van der Waals surface area contributed by atoms with E-state index in [4.69, 9.17) is 4.42 Å². The quantitative estimate of drug-likeness (QED) is 0.588. The Bertz CT molecular complexity index is 262. The molecular formula is C12H20O2. The van der Waals surface area contributed by atoms with Gasteiger partial charge in [-0.3, -0.25) is 0 Å². The molecule has 0 spiro atoms. The average molecular weight is 196 g/mol. The Morgan fingerprint density at radius 3 is 1.79 bits per heavy atom. The number of rotatable bonds is 0. The van der Waals surface area contributed by atoms with Crippen molar-refractivity contribution in [1.29, 1.82) is 0 Å². The molecule has 0 fully saturated rings. The van der Waals surface area contributed by atoms with Gasteiger partial charge in [-0.2, -0.15) is 0 Å². The maximum atomic E-state index is 5.20. The molecule has 0 aliphatic carbocycles. The van der Waals surface area contributed by atoms with Gasteiger partial charge in [-0.1, -0.05) is 20.8 Å². The van der Waals surface area contributed by atoms with Crippen molar-refractivity contribution in [3.8, 4) is 11.8 Å². The van der Waals surface area contributed by atoms with Crippen molar-refractivity contribution in [1.82, 2.24) is 0 Å². The molecule has 0 radical (unpaired) electrons. The molecule has 1 aromatic rings. The van der Waals surface area contributed by atoms with E-state index in [2.05, 4.69) is 32.6 Å². The molecule has 2 N–H and O–H groups in total. The van der Waals surface area contributed by atoms with E-state index in [-0.39, 0.29) is 10.9 Å². The zero-order valence-corrected chi connectivity index (χ0v) is 9.64. The molecule has 14 heavy (non-hydrogen) atoms. The van der Waals surface area contributed by atoms with Gasteiger partial charge in [-0.25, -0.2) is 0 Å². The lowest BCUT2D eigenvalue weighted by Crippen LogP contribution is -2.08. The first-order chi connectivity index (χ1) is 6.02. The van der Waals surface area contributed by atoms with Crippen LogP contribution in [0.25, 0.3) is 0 Å². The molecule has 0 aromatic carbocycles. The van der Waals surface area contributed by atoms with Gasteiger partial charge in [0.1, 0.15) is 5.76 Å². The van der Waals surface area contributed by atoms with Crippen molar-refractivity contribution in [2.24, 2.45) is 0 Å². The molecule has 1 aromatic heterocycles. The van der Waals surface area contributed by atoms with Crippen LogP contribution in [0, 0.1) is 11.8 Å². The van der Waals surface area contributed by atoms with Crippen LogP contribution >= 0.6 is 0 Å². The molecule has 2 nitrogen and oxygen atoms in total. The van der Waals surface area contributed by atoms with E-state index < -0.39 is 0 Å². The Morgan fingerprint density at radius 2 is 1.64 bits per heavy atom. The summed E-state index contributed by atoms with van der Waals surface area (Å²) in [7, 11) is 0. The first kappa shape index (κ1) is 15.3.